The van der Waals surface area contributed by atoms with Gasteiger partial charge in [0.15, 0.2) is 0 Å². The number of hydrogen-bond donors (Lipinski definition) is 2. The summed E-state index contributed by atoms with van der Waals surface area (Å²) in [6.45, 7) is 3.04. The van der Waals surface area contributed by atoms with Gasteiger partial charge in [-0.1, -0.05) is 0 Å². The molecule has 0 aliphatic carbocycles. The van der Waals surface area contributed by atoms with E-state index in [2.05, 4.69) is 10.6 Å². The third-order valence-corrected chi connectivity index (χ3v) is 4.06. The topological polar surface area (TPSA) is 100 Å². The Bertz CT molecular complexity index is 883. The molecule has 0 aliphatic rings. The maximum atomic E-state index is 12.7. The molecule has 7 heteroatoms. The summed E-state index contributed by atoms with van der Waals surface area (Å²) in [6, 6.07) is 13.4. The molecule has 0 saturated carbocycles. The normalized spacial score (nSPS) is 10.5. The second kappa shape index (κ2) is 8.23. The number of nitrogens with zero attached hydrogens (tertiary/aromatic N) is 1. The van der Waals surface area contributed by atoms with Gasteiger partial charge in [-0.3, -0.25) is 9.59 Å². The van der Waals surface area contributed by atoms with Crippen LogP contribution in [-0.2, 0) is 9.59 Å². The van der Waals surface area contributed by atoms with Gasteiger partial charge in [0.25, 0.3) is 0 Å². The van der Waals surface area contributed by atoms with Gasteiger partial charge >= 0.3 is 0 Å². The van der Waals surface area contributed by atoms with Gasteiger partial charge < -0.3 is 20.1 Å². The van der Waals surface area contributed by atoms with Gasteiger partial charge in [0.1, 0.15) is 16.9 Å². The number of carbonyl (C=O) groups is 2. The van der Waals surface area contributed by atoms with E-state index in [1.54, 1.807) is 42.5 Å². The van der Waals surface area contributed by atoms with Crippen LogP contribution in [0.25, 0.3) is 0 Å². The summed E-state index contributed by atoms with van der Waals surface area (Å²) in [4.78, 5) is 25.3. The predicted molar refractivity (Wildman–Crippen MR) is 102 cm³/mol. The number of rotatable bonds is 6. The molecule has 7 nitrogen and oxygen atoms in total. The SMILES string of the molecule is COc1ccc(OC)c(NC(=O)C(C)(C)C(=O)Nc2ccc(C#N)cc2)c1. The molecule has 0 fully saturated rings. The molecule has 2 amide bonds. The van der Waals surface area contributed by atoms with Crippen LogP contribution in [0.5, 0.6) is 11.5 Å². The van der Waals surface area contributed by atoms with E-state index >= 15 is 0 Å². The molecular weight excluding hydrogens is 346 g/mol. The Hall–Kier alpha value is -3.53. The van der Waals surface area contributed by atoms with E-state index in [9.17, 15) is 9.59 Å². The van der Waals surface area contributed by atoms with Crippen LogP contribution in [0.15, 0.2) is 42.5 Å². The molecule has 0 bridgehead atoms. The minimum absolute atomic E-state index is 0.404. The zero-order chi connectivity index (χ0) is 20.0. The van der Waals surface area contributed by atoms with Crippen molar-refractivity contribution in [3.63, 3.8) is 0 Å². The Morgan fingerprint density at radius 1 is 0.963 bits per heavy atom. The zero-order valence-corrected chi connectivity index (χ0v) is 15.6. The second-order valence-electron chi connectivity index (χ2n) is 6.29. The van der Waals surface area contributed by atoms with Crippen LogP contribution >= 0.6 is 0 Å². The van der Waals surface area contributed by atoms with Crippen molar-refractivity contribution in [2.24, 2.45) is 5.41 Å². The van der Waals surface area contributed by atoms with Crippen molar-refractivity contribution in [2.45, 2.75) is 13.8 Å². The third kappa shape index (κ3) is 4.55. The van der Waals surface area contributed by atoms with E-state index in [0.717, 1.165) is 0 Å². The molecule has 0 aromatic heterocycles. The van der Waals surface area contributed by atoms with Crippen molar-refractivity contribution in [1.29, 1.82) is 5.26 Å². The largest absolute Gasteiger partial charge is 0.497 e. The number of benzene rings is 2. The minimum atomic E-state index is -1.36. The predicted octanol–water partition coefficient (Wildman–Crippen LogP) is 3.18. The maximum Gasteiger partial charge on any atom is 0.239 e. The van der Waals surface area contributed by atoms with Gasteiger partial charge in [0.2, 0.25) is 11.8 Å². The number of anilines is 2. The number of carbonyl (C=O) groups excluding carboxylic acids is 2. The fourth-order valence-corrected chi connectivity index (χ4v) is 2.21. The molecule has 2 rings (SSSR count). The maximum absolute atomic E-state index is 12.7. The molecule has 2 aromatic rings. The number of hydrogen-bond acceptors (Lipinski definition) is 5. The summed E-state index contributed by atoms with van der Waals surface area (Å²) >= 11 is 0. The number of nitriles is 1. The molecule has 0 unspecified atom stereocenters. The fourth-order valence-electron chi connectivity index (χ4n) is 2.21. The Labute approximate surface area is 157 Å². The second-order valence-corrected chi connectivity index (χ2v) is 6.29. The van der Waals surface area contributed by atoms with E-state index < -0.39 is 17.2 Å². The van der Waals surface area contributed by atoms with Gasteiger partial charge in [0.05, 0.1) is 31.5 Å². The van der Waals surface area contributed by atoms with Crippen molar-refractivity contribution < 1.29 is 19.1 Å². The summed E-state index contributed by atoms with van der Waals surface area (Å²) in [5.74, 6) is 0.0187. The highest BCUT2D eigenvalue weighted by Crippen LogP contribution is 2.31. The highest BCUT2D eigenvalue weighted by molar-refractivity contribution is 6.14. The van der Waals surface area contributed by atoms with E-state index in [4.69, 9.17) is 14.7 Å². The lowest BCUT2D eigenvalue weighted by Gasteiger charge is -2.23. The number of nitrogens with one attached hydrogen (secondary N) is 2. The van der Waals surface area contributed by atoms with Crippen molar-refractivity contribution in [1.82, 2.24) is 0 Å². The van der Waals surface area contributed by atoms with Crippen molar-refractivity contribution in [2.75, 3.05) is 24.9 Å². The van der Waals surface area contributed by atoms with Gasteiger partial charge in [-0.15, -0.1) is 0 Å². The lowest BCUT2D eigenvalue weighted by atomic mass is 9.90. The van der Waals surface area contributed by atoms with Crippen LogP contribution in [0.3, 0.4) is 0 Å². The first-order valence-electron chi connectivity index (χ1n) is 8.17. The van der Waals surface area contributed by atoms with Gasteiger partial charge in [-0.05, 0) is 50.2 Å². The molecule has 140 valence electrons. The number of amides is 2. The third-order valence-electron chi connectivity index (χ3n) is 4.06. The van der Waals surface area contributed by atoms with Crippen LogP contribution < -0.4 is 20.1 Å². The van der Waals surface area contributed by atoms with E-state index in [1.165, 1.54) is 28.1 Å². The van der Waals surface area contributed by atoms with Gasteiger partial charge in [-0.2, -0.15) is 5.26 Å². The first-order chi connectivity index (χ1) is 12.8. The van der Waals surface area contributed by atoms with Crippen LogP contribution in [-0.4, -0.2) is 26.0 Å². The lowest BCUT2D eigenvalue weighted by Crippen LogP contribution is -2.41. The molecule has 0 heterocycles. The van der Waals surface area contributed by atoms with Gasteiger partial charge in [-0.25, -0.2) is 0 Å². The van der Waals surface area contributed by atoms with Crippen molar-refractivity contribution in [3.05, 3.63) is 48.0 Å². The molecule has 0 saturated heterocycles. The van der Waals surface area contributed by atoms with Crippen LogP contribution in [0.1, 0.15) is 19.4 Å². The number of ether oxygens (including phenoxy) is 2. The standard InChI is InChI=1S/C20H21N3O4/c1-20(2,18(24)22-14-7-5-13(12-21)6-8-14)19(25)23-16-11-15(26-3)9-10-17(16)27-4/h5-11H,1-4H3,(H,22,24)(H,23,25). The lowest BCUT2D eigenvalue weighted by molar-refractivity contribution is -0.135. The molecule has 2 N–H and O–H groups in total. The molecule has 2 aromatic carbocycles. The number of methoxy groups -OCH3 is 2. The summed E-state index contributed by atoms with van der Waals surface area (Å²) < 4.78 is 10.4. The molecular formula is C20H21N3O4. The Morgan fingerprint density at radius 2 is 1.59 bits per heavy atom. The molecule has 0 spiro atoms. The Morgan fingerprint density at radius 3 is 2.15 bits per heavy atom. The quantitative estimate of drug-likeness (QED) is 0.764. The van der Waals surface area contributed by atoms with Crippen molar-refractivity contribution >= 4 is 23.2 Å². The minimum Gasteiger partial charge on any atom is -0.497 e. The van der Waals surface area contributed by atoms with E-state index in [0.29, 0.717) is 28.4 Å². The van der Waals surface area contributed by atoms with Gasteiger partial charge in [0, 0.05) is 11.8 Å². The molecule has 0 radical (unpaired) electrons. The smallest absolute Gasteiger partial charge is 0.239 e. The van der Waals surface area contributed by atoms with Crippen molar-refractivity contribution in [3.8, 4) is 17.6 Å². The summed E-state index contributed by atoms with van der Waals surface area (Å²) in [5, 5.41) is 14.2. The Kier molecular flexibility index (Phi) is 6.03. The molecule has 0 atom stereocenters. The summed E-state index contributed by atoms with van der Waals surface area (Å²) in [7, 11) is 3.00. The highest BCUT2D eigenvalue weighted by Gasteiger charge is 2.36. The average Bonchev–Trinajstić information content (AvgIpc) is 2.68. The van der Waals surface area contributed by atoms with Crippen LogP contribution in [0.4, 0.5) is 11.4 Å². The van der Waals surface area contributed by atoms with Crippen LogP contribution in [0.2, 0.25) is 0 Å². The average molecular weight is 367 g/mol. The molecule has 27 heavy (non-hydrogen) atoms. The highest BCUT2D eigenvalue weighted by atomic mass is 16.5. The Balaban J connectivity index is 2.16. The monoisotopic (exact) mass is 367 g/mol. The van der Waals surface area contributed by atoms with E-state index in [1.807, 2.05) is 6.07 Å². The fraction of sp³-hybridized carbons (Fsp3) is 0.250. The van der Waals surface area contributed by atoms with E-state index in [-0.39, 0.29) is 0 Å². The van der Waals surface area contributed by atoms with Crippen LogP contribution in [0, 0.1) is 16.7 Å². The first-order valence-corrected chi connectivity index (χ1v) is 8.17. The summed E-state index contributed by atoms with van der Waals surface area (Å²) in [5.41, 5.74) is 0.0252. The molecule has 0 aliphatic heterocycles. The first kappa shape index (κ1) is 19.8. The zero-order valence-electron chi connectivity index (χ0n) is 15.6. The summed E-state index contributed by atoms with van der Waals surface area (Å²) in [6.07, 6.45) is 0.